The molecule has 0 saturated heterocycles. The van der Waals surface area contributed by atoms with Crippen molar-refractivity contribution in [3.8, 4) is 0 Å². The summed E-state index contributed by atoms with van der Waals surface area (Å²) in [6, 6.07) is 0. The second-order valence-corrected chi connectivity index (χ2v) is 3.87. The van der Waals surface area contributed by atoms with E-state index in [2.05, 4.69) is 0 Å². The maximum Gasteiger partial charge on any atom is 0.239 e. The Hall–Kier alpha value is -0.240. The molecular weight excluding hydrogens is 138 g/mol. The van der Waals surface area contributed by atoms with Crippen LogP contribution in [0, 0.1) is 5.41 Å². The molecular formula is C6H10ClNO. The molecule has 1 unspecified atom stereocenters. The number of carbonyl (C=O) groups is 1. The van der Waals surface area contributed by atoms with Gasteiger partial charge in [0.15, 0.2) is 0 Å². The molecule has 1 aliphatic carbocycles. The number of halogens is 1. The first-order chi connectivity index (χ1) is 3.90. The molecule has 1 rings (SSSR count). The lowest BCUT2D eigenvalue weighted by Gasteiger charge is -2.05. The van der Waals surface area contributed by atoms with E-state index in [1.165, 1.54) is 0 Å². The molecule has 0 spiro atoms. The fraction of sp³-hybridized carbons (Fsp3) is 0.833. The van der Waals surface area contributed by atoms with Crippen molar-refractivity contribution in [2.24, 2.45) is 11.1 Å². The normalized spacial score (nSPS) is 38.1. The summed E-state index contributed by atoms with van der Waals surface area (Å²) < 4.78 is 0. The molecule has 1 saturated carbocycles. The van der Waals surface area contributed by atoms with E-state index in [9.17, 15) is 4.79 Å². The zero-order chi connectivity index (χ0) is 7.28. The quantitative estimate of drug-likeness (QED) is 0.550. The lowest BCUT2D eigenvalue weighted by molar-refractivity contribution is -0.118. The molecule has 0 aromatic carbocycles. The summed E-state index contributed by atoms with van der Waals surface area (Å²) in [6.07, 6.45) is 0.705. The van der Waals surface area contributed by atoms with Gasteiger partial charge in [-0.15, -0.1) is 11.6 Å². The third-order valence-corrected chi connectivity index (χ3v) is 2.86. The summed E-state index contributed by atoms with van der Waals surface area (Å²) in [5.41, 5.74) is 4.95. The zero-order valence-corrected chi connectivity index (χ0v) is 6.33. The van der Waals surface area contributed by atoms with Gasteiger partial charge in [-0.05, 0) is 11.8 Å². The number of hydrogen-bond acceptors (Lipinski definition) is 1. The summed E-state index contributed by atoms with van der Waals surface area (Å²) in [5, 5.41) is 0. The topological polar surface area (TPSA) is 43.1 Å². The third kappa shape index (κ3) is 0.732. The van der Waals surface area contributed by atoms with Crippen LogP contribution in [0.25, 0.3) is 0 Å². The molecule has 1 aliphatic rings. The highest BCUT2D eigenvalue weighted by Gasteiger charge is 2.64. The molecule has 3 heteroatoms. The van der Waals surface area contributed by atoms with E-state index < -0.39 is 10.8 Å². The Kier molecular flexibility index (Phi) is 1.09. The summed E-state index contributed by atoms with van der Waals surface area (Å²) in [6.45, 7) is 3.87. The number of rotatable bonds is 1. The van der Waals surface area contributed by atoms with E-state index in [0.29, 0.717) is 6.42 Å². The van der Waals surface area contributed by atoms with Crippen molar-refractivity contribution in [1.82, 2.24) is 0 Å². The van der Waals surface area contributed by atoms with Crippen LogP contribution in [0.15, 0.2) is 0 Å². The van der Waals surface area contributed by atoms with Crippen molar-refractivity contribution < 1.29 is 4.79 Å². The van der Waals surface area contributed by atoms with E-state index in [-0.39, 0.29) is 5.41 Å². The van der Waals surface area contributed by atoms with Crippen LogP contribution in [-0.2, 0) is 4.79 Å². The Labute approximate surface area is 59.4 Å². The van der Waals surface area contributed by atoms with Crippen LogP contribution in [0.4, 0.5) is 0 Å². The lowest BCUT2D eigenvalue weighted by atomic mass is 10.1. The lowest BCUT2D eigenvalue weighted by Crippen LogP contribution is -2.29. The van der Waals surface area contributed by atoms with Crippen LogP contribution in [0.5, 0.6) is 0 Å². The Morgan fingerprint density at radius 3 is 2.00 bits per heavy atom. The van der Waals surface area contributed by atoms with Crippen molar-refractivity contribution in [3.63, 3.8) is 0 Å². The minimum absolute atomic E-state index is 0.0829. The van der Waals surface area contributed by atoms with Gasteiger partial charge >= 0.3 is 0 Å². The van der Waals surface area contributed by atoms with Gasteiger partial charge in [-0.25, -0.2) is 0 Å². The van der Waals surface area contributed by atoms with Gasteiger partial charge in [0.2, 0.25) is 5.91 Å². The standard InChI is InChI=1S/C6H10ClNO/c1-5(2)3-6(5,7)4(8)9/h3H2,1-2H3,(H2,8,9). The van der Waals surface area contributed by atoms with Crippen molar-refractivity contribution in [3.05, 3.63) is 0 Å². The number of alkyl halides is 1. The Morgan fingerprint density at radius 2 is 2.00 bits per heavy atom. The minimum Gasteiger partial charge on any atom is -0.368 e. The average molecular weight is 148 g/mol. The molecule has 0 aliphatic heterocycles. The third-order valence-electron chi connectivity index (χ3n) is 2.02. The molecule has 1 amide bonds. The average Bonchev–Trinajstić information content (AvgIpc) is 2.08. The molecule has 2 N–H and O–H groups in total. The number of carbonyl (C=O) groups excluding carboxylic acids is 1. The fourth-order valence-corrected chi connectivity index (χ4v) is 1.32. The SMILES string of the molecule is CC1(C)CC1(Cl)C(N)=O. The van der Waals surface area contributed by atoms with Crippen LogP contribution in [0.3, 0.4) is 0 Å². The summed E-state index contributed by atoms with van der Waals surface area (Å²) in [4.78, 5) is 9.85. The van der Waals surface area contributed by atoms with Gasteiger partial charge in [0.25, 0.3) is 0 Å². The summed E-state index contributed by atoms with van der Waals surface area (Å²) in [5.74, 6) is -0.394. The number of hydrogen-bond donors (Lipinski definition) is 1. The van der Waals surface area contributed by atoms with Crippen molar-refractivity contribution in [2.45, 2.75) is 25.1 Å². The van der Waals surface area contributed by atoms with Crippen LogP contribution in [0.1, 0.15) is 20.3 Å². The first kappa shape index (κ1) is 6.87. The second-order valence-electron chi connectivity index (χ2n) is 3.23. The maximum absolute atomic E-state index is 10.6. The van der Waals surface area contributed by atoms with Gasteiger partial charge in [-0.1, -0.05) is 13.8 Å². The highest BCUT2D eigenvalue weighted by atomic mass is 35.5. The van der Waals surface area contributed by atoms with Crippen LogP contribution in [-0.4, -0.2) is 10.8 Å². The Balaban J connectivity index is 2.74. The van der Waals surface area contributed by atoms with E-state index >= 15 is 0 Å². The predicted octanol–water partition coefficient (Wildman–Crippen LogP) is 0.879. The van der Waals surface area contributed by atoms with Gasteiger partial charge in [0, 0.05) is 0 Å². The smallest absolute Gasteiger partial charge is 0.239 e. The summed E-state index contributed by atoms with van der Waals surface area (Å²) in [7, 11) is 0. The first-order valence-corrected chi connectivity index (χ1v) is 3.27. The molecule has 0 aromatic heterocycles. The van der Waals surface area contributed by atoms with Gasteiger partial charge in [-0.3, -0.25) is 4.79 Å². The monoisotopic (exact) mass is 147 g/mol. The number of nitrogens with two attached hydrogens (primary N) is 1. The molecule has 9 heavy (non-hydrogen) atoms. The van der Waals surface area contributed by atoms with E-state index in [1.54, 1.807) is 0 Å². The van der Waals surface area contributed by atoms with E-state index in [4.69, 9.17) is 17.3 Å². The van der Waals surface area contributed by atoms with Crippen molar-refractivity contribution in [2.75, 3.05) is 0 Å². The Bertz CT molecular complexity index is 166. The van der Waals surface area contributed by atoms with Gasteiger partial charge < -0.3 is 5.73 Å². The van der Waals surface area contributed by atoms with Crippen LogP contribution in [0.2, 0.25) is 0 Å². The molecule has 1 fully saturated rings. The van der Waals surface area contributed by atoms with Gasteiger partial charge in [-0.2, -0.15) is 0 Å². The highest BCUT2D eigenvalue weighted by Crippen LogP contribution is 2.60. The molecule has 0 heterocycles. The molecule has 2 nitrogen and oxygen atoms in total. The molecule has 52 valence electrons. The number of primary amides is 1. The second kappa shape index (κ2) is 1.43. The van der Waals surface area contributed by atoms with Crippen molar-refractivity contribution >= 4 is 17.5 Å². The Morgan fingerprint density at radius 1 is 1.67 bits per heavy atom. The van der Waals surface area contributed by atoms with E-state index in [1.807, 2.05) is 13.8 Å². The minimum atomic E-state index is -0.743. The van der Waals surface area contributed by atoms with Gasteiger partial charge in [0.05, 0.1) is 0 Å². The number of amides is 1. The fourth-order valence-electron chi connectivity index (χ4n) is 0.985. The first-order valence-electron chi connectivity index (χ1n) is 2.89. The molecule has 0 radical (unpaired) electrons. The van der Waals surface area contributed by atoms with E-state index in [0.717, 1.165) is 0 Å². The molecule has 0 aromatic rings. The maximum atomic E-state index is 10.6. The van der Waals surface area contributed by atoms with Crippen LogP contribution >= 0.6 is 11.6 Å². The summed E-state index contributed by atoms with van der Waals surface area (Å²) >= 11 is 5.80. The molecule has 1 atom stereocenters. The van der Waals surface area contributed by atoms with Crippen molar-refractivity contribution in [1.29, 1.82) is 0 Å². The highest BCUT2D eigenvalue weighted by molar-refractivity contribution is 6.37. The van der Waals surface area contributed by atoms with Crippen LogP contribution < -0.4 is 5.73 Å². The van der Waals surface area contributed by atoms with Gasteiger partial charge in [0.1, 0.15) is 4.87 Å². The molecule has 0 bridgehead atoms. The predicted molar refractivity (Wildman–Crippen MR) is 36.2 cm³/mol. The largest absolute Gasteiger partial charge is 0.368 e. The zero-order valence-electron chi connectivity index (χ0n) is 5.57.